The van der Waals surface area contributed by atoms with E-state index in [0.29, 0.717) is 12.5 Å². The van der Waals surface area contributed by atoms with Crippen LogP contribution in [0.1, 0.15) is 36.6 Å². The van der Waals surface area contributed by atoms with Crippen LogP contribution in [0.2, 0.25) is 0 Å². The Labute approximate surface area is 160 Å². The van der Waals surface area contributed by atoms with Gasteiger partial charge in [-0.2, -0.15) is 0 Å². The van der Waals surface area contributed by atoms with E-state index < -0.39 is 0 Å². The van der Waals surface area contributed by atoms with Gasteiger partial charge in [-0.15, -0.1) is 35.3 Å². The van der Waals surface area contributed by atoms with Crippen molar-refractivity contribution in [3.8, 4) is 0 Å². The number of carbonyl (C=O) groups is 1. The maximum Gasteiger partial charge on any atom is 0.222 e. The topological polar surface area (TPSA) is 56.7 Å². The number of aliphatic imine (C=N–C) groups is 1. The molecular weight excluding hydrogens is 423 g/mol. The van der Waals surface area contributed by atoms with Crippen molar-refractivity contribution < 1.29 is 4.79 Å². The number of thiophene rings is 1. The second-order valence-electron chi connectivity index (χ2n) is 5.49. The van der Waals surface area contributed by atoms with E-state index in [1.54, 1.807) is 11.3 Å². The lowest BCUT2D eigenvalue weighted by Crippen LogP contribution is -2.39. The summed E-state index contributed by atoms with van der Waals surface area (Å²) in [5.74, 6) is 1.15. The molecule has 5 nitrogen and oxygen atoms in total. The predicted molar refractivity (Wildman–Crippen MR) is 108 cm³/mol. The fraction of sp³-hybridized carbons (Fsp3) is 0.625. The molecule has 1 amide bonds. The fourth-order valence-corrected chi connectivity index (χ4v) is 3.31. The molecule has 1 aromatic rings. The Morgan fingerprint density at radius 2 is 2.26 bits per heavy atom. The van der Waals surface area contributed by atoms with Gasteiger partial charge in [0.2, 0.25) is 5.91 Å². The SMILES string of the molecule is CCNC(=NCc1sccc1C)NCCCN1CCCC1=O.I. The zero-order chi connectivity index (χ0) is 15.8. The molecule has 1 aliphatic rings. The molecule has 0 radical (unpaired) electrons. The number of likely N-dealkylation sites (tertiary alicyclic amines) is 1. The second-order valence-corrected chi connectivity index (χ2v) is 6.49. The first-order valence-electron chi connectivity index (χ1n) is 8.03. The highest BCUT2D eigenvalue weighted by Crippen LogP contribution is 2.16. The molecule has 23 heavy (non-hydrogen) atoms. The third kappa shape index (κ3) is 6.66. The lowest BCUT2D eigenvalue weighted by Gasteiger charge is -2.16. The van der Waals surface area contributed by atoms with E-state index >= 15 is 0 Å². The third-order valence-corrected chi connectivity index (χ3v) is 4.77. The van der Waals surface area contributed by atoms with Gasteiger partial charge < -0.3 is 15.5 Å². The molecule has 130 valence electrons. The Bertz CT molecular complexity index is 518. The normalized spacial score (nSPS) is 14.8. The number of amides is 1. The zero-order valence-electron chi connectivity index (χ0n) is 13.9. The summed E-state index contributed by atoms with van der Waals surface area (Å²) < 4.78 is 0. The lowest BCUT2D eigenvalue weighted by molar-refractivity contribution is -0.127. The zero-order valence-corrected chi connectivity index (χ0v) is 17.1. The smallest absolute Gasteiger partial charge is 0.222 e. The van der Waals surface area contributed by atoms with Crippen LogP contribution in [0, 0.1) is 6.92 Å². The molecule has 0 atom stereocenters. The van der Waals surface area contributed by atoms with E-state index in [1.807, 2.05) is 4.90 Å². The molecule has 2 heterocycles. The predicted octanol–water partition coefficient (Wildman–Crippen LogP) is 2.74. The summed E-state index contributed by atoms with van der Waals surface area (Å²) in [6, 6.07) is 2.13. The van der Waals surface area contributed by atoms with Gasteiger partial charge in [0.1, 0.15) is 0 Å². The average molecular weight is 450 g/mol. The maximum absolute atomic E-state index is 11.5. The molecule has 0 spiro atoms. The van der Waals surface area contributed by atoms with Crippen LogP contribution in [0.15, 0.2) is 16.4 Å². The minimum atomic E-state index is 0. The van der Waals surface area contributed by atoms with E-state index in [2.05, 4.69) is 40.9 Å². The van der Waals surface area contributed by atoms with Gasteiger partial charge in [0.05, 0.1) is 6.54 Å². The third-order valence-electron chi connectivity index (χ3n) is 3.76. The first kappa shape index (κ1) is 20.2. The Morgan fingerprint density at radius 1 is 1.43 bits per heavy atom. The van der Waals surface area contributed by atoms with Gasteiger partial charge in [-0.3, -0.25) is 4.79 Å². The standard InChI is InChI=1S/C16H26N4OS.HI/c1-3-17-16(19-12-14-13(2)7-11-22-14)18-8-5-10-20-9-4-6-15(20)21;/h7,11H,3-6,8-10,12H2,1-2H3,(H2,17,18,19);1H. The lowest BCUT2D eigenvalue weighted by atomic mass is 10.3. The van der Waals surface area contributed by atoms with Gasteiger partial charge in [-0.25, -0.2) is 4.99 Å². The molecule has 0 saturated carbocycles. The van der Waals surface area contributed by atoms with Crippen LogP contribution >= 0.6 is 35.3 Å². The van der Waals surface area contributed by atoms with Crippen LogP contribution in [-0.2, 0) is 11.3 Å². The van der Waals surface area contributed by atoms with E-state index in [4.69, 9.17) is 0 Å². The number of guanidine groups is 1. The van der Waals surface area contributed by atoms with Crippen LogP contribution in [0.4, 0.5) is 0 Å². The van der Waals surface area contributed by atoms with Crippen molar-refractivity contribution in [3.63, 3.8) is 0 Å². The number of nitrogens with one attached hydrogen (secondary N) is 2. The van der Waals surface area contributed by atoms with Crippen LogP contribution < -0.4 is 10.6 Å². The van der Waals surface area contributed by atoms with Crippen molar-refractivity contribution in [3.05, 3.63) is 21.9 Å². The number of hydrogen-bond acceptors (Lipinski definition) is 3. The van der Waals surface area contributed by atoms with Gasteiger partial charge in [0, 0.05) is 37.5 Å². The summed E-state index contributed by atoms with van der Waals surface area (Å²) in [6.45, 7) is 8.34. The molecule has 0 aromatic carbocycles. The molecule has 1 aliphatic heterocycles. The molecule has 7 heteroatoms. The highest BCUT2D eigenvalue weighted by Gasteiger charge is 2.18. The van der Waals surface area contributed by atoms with E-state index in [0.717, 1.165) is 51.4 Å². The molecular formula is C16H27IN4OS. The Kier molecular flexibility index (Phi) is 9.54. The molecule has 0 unspecified atom stereocenters. The van der Waals surface area contributed by atoms with Crippen molar-refractivity contribution in [2.45, 2.75) is 39.7 Å². The molecule has 0 bridgehead atoms. The molecule has 1 aromatic heterocycles. The number of aryl methyl sites for hydroxylation is 1. The maximum atomic E-state index is 11.5. The van der Waals surface area contributed by atoms with Gasteiger partial charge in [0.25, 0.3) is 0 Å². The van der Waals surface area contributed by atoms with E-state index in [-0.39, 0.29) is 24.0 Å². The minimum absolute atomic E-state index is 0. The van der Waals surface area contributed by atoms with Crippen molar-refractivity contribution >= 4 is 47.2 Å². The number of carbonyl (C=O) groups excluding carboxylic acids is 1. The highest BCUT2D eigenvalue weighted by molar-refractivity contribution is 14.0. The number of rotatable bonds is 7. The number of hydrogen-bond donors (Lipinski definition) is 2. The highest BCUT2D eigenvalue weighted by atomic mass is 127. The Balaban J connectivity index is 0.00000264. The summed E-state index contributed by atoms with van der Waals surface area (Å²) in [4.78, 5) is 19.4. The quantitative estimate of drug-likeness (QED) is 0.291. The fourth-order valence-electron chi connectivity index (χ4n) is 2.48. The Hall–Kier alpha value is -0.830. The summed E-state index contributed by atoms with van der Waals surface area (Å²) in [5, 5.41) is 8.72. The van der Waals surface area contributed by atoms with Crippen molar-refractivity contribution in [2.24, 2.45) is 4.99 Å². The Morgan fingerprint density at radius 3 is 2.87 bits per heavy atom. The summed E-state index contributed by atoms with van der Waals surface area (Å²) in [5.41, 5.74) is 1.30. The van der Waals surface area contributed by atoms with E-state index in [1.165, 1.54) is 10.4 Å². The first-order chi connectivity index (χ1) is 10.7. The van der Waals surface area contributed by atoms with Gasteiger partial charge in [0.15, 0.2) is 5.96 Å². The summed E-state index contributed by atoms with van der Waals surface area (Å²) >= 11 is 1.75. The van der Waals surface area contributed by atoms with Crippen LogP contribution in [0.5, 0.6) is 0 Å². The van der Waals surface area contributed by atoms with E-state index in [9.17, 15) is 4.79 Å². The first-order valence-corrected chi connectivity index (χ1v) is 8.91. The molecule has 2 N–H and O–H groups in total. The molecule has 1 saturated heterocycles. The molecule has 1 fully saturated rings. The largest absolute Gasteiger partial charge is 0.357 e. The monoisotopic (exact) mass is 450 g/mol. The minimum Gasteiger partial charge on any atom is -0.357 e. The molecule has 2 rings (SSSR count). The second kappa shape index (κ2) is 10.9. The molecule has 0 aliphatic carbocycles. The van der Waals surface area contributed by atoms with Crippen molar-refractivity contribution in [2.75, 3.05) is 26.2 Å². The summed E-state index contributed by atoms with van der Waals surface area (Å²) in [7, 11) is 0. The number of nitrogens with zero attached hydrogens (tertiary/aromatic N) is 2. The van der Waals surface area contributed by atoms with Gasteiger partial charge in [-0.05, 0) is 43.7 Å². The van der Waals surface area contributed by atoms with Gasteiger partial charge >= 0.3 is 0 Å². The average Bonchev–Trinajstić information content (AvgIpc) is 3.09. The summed E-state index contributed by atoms with van der Waals surface area (Å²) in [6.07, 6.45) is 2.68. The van der Waals surface area contributed by atoms with Crippen molar-refractivity contribution in [1.82, 2.24) is 15.5 Å². The van der Waals surface area contributed by atoms with Crippen molar-refractivity contribution in [1.29, 1.82) is 0 Å². The number of halogens is 1. The van der Waals surface area contributed by atoms with Crippen LogP contribution in [0.25, 0.3) is 0 Å². The van der Waals surface area contributed by atoms with Crippen LogP contribution in [-0.4, -0.2) is 42.9 Å². The van der Waals surface area contributed by atoms with Gasteiger partial charge in [-0.1, -0.05) is 0 Å². The van der Waals surface area contributed by atoms with Crippen LogP contribution in [0.3, 0.4) is 0 Å².